The fourth-order valence-corrected chi connectivity index (χ4v) is 1.71. The van der Waals surface area contributed by atoms with Crippen molar-refractivity contribution in [3.05, 3.63) is 53.7 Å². The van der Waals surface area contributed by atoms with Gasteiger partial charge in [-0.05, 0) is 36.4 Å². The van der Waals surface area contributed by atoms with Crippen molar-refractivity contribution in [3.63, 3.8) is 0 Å². The maximum atomic E-state index is 5.83. The highest BCUT2D eigenvalue weighted by atomic mass is 35.5. The molecule has 0 atom stereocenters. The molecule has 3 aromatic rings. The summed E-state index contributed by atoms with van der Waals surface area (Å²) in [5.41, 5.74) is 1.73. The molecule has 0 aliphatic heterocycles. The van der Waals surface area contributed by atoms with E-state index in [-0.39, 0.29) is 0 Å². The molecule has 84 valence electrons. The second kappa shape index (κ2) is 4.07. The van der Waals surface area contributed by atoms with E-state index in [0.29, 0.717) is 11.0 Å². The van der Waals surface area contributed by atoms with Crippen LogP contribution in [-0.4, -0.2) is 14.6 Å². The predicted octanol–water partition coefficient (Wildman–Crippen LogP) is 3.13. The van der Waals surface area contributed by atoms with Crippen LogP contribution in [0.1, 0.15) is 0 Å². The Kier molecular flexibility index (Phi) is 2.42. The van der Waals surface area contributed by atoms with E-state index >= 15 is 0 Å². The van der Waals surface area contributed by atoms with Gasteiger partial charge < -0.3 is 5.32 Å². The van der Waals surface area contributed by atoms with Crippen molar-refractivity contribution in [2.45, 2.75) is 0 Å². The molecule has 0 saturated heterocycles. The molecule has 2 heterocycles. The molecule has 0 fully saturated rings. The highest BCUT2D eigenvalue weighted by Gasteiger charge is 2.03. The molecule has 4 nitrogen and oxygen atoms in total. The van der Waals surface area contributed by atoms with Gasteiger partial charge in [-0.2, -0.15) is 0 Å². The van der Waals surface area contributed by atoms with Crippen LogP contribution in [0.2, 0.25) is 5.02 Å². The molecule has 17 heavy (non-hydrogen) atoms. The van der Waals surface area contributed by atoms with E-state index in [2.05, 4.69) is 15.5 Å². The highest BCUT2D eigenvalue weighted by molar-refractivity contribution is 6.30. The molecule has 3 rings (SSSR count). The molecular weight excluding hydrogens is 236 g/mol. The Morgan fingerprint density at radius 2 is 1.82 bits per heavy atom. The average molecular weight is 245 g/mol. The molecule has 0 aliphatic carbocycles. The fraction of sp³-hybridized carbons (Fsp3) is 0. The lowest BCUT2D eigenvalue weighted by atomic mass is 10.3. The van der Waals surface area contributed by atoms with Crippen molar-refractivity contribution < 1.29 is 0 Å². The average Bonchev–Trinajstić information content (AvgIpc) is 2.76. The van der Waals surface area contributed by atoms with Crippen molar-refractivity contribution >= 4 is 28.9 Å². The van der Waals surface area contributed by atoms with Gasteiger partial charge in [0.2, 0.25) is 5.95 Å². The first-order chi connectivity index (χ1) is 8.33. The lowest BCUT2D eigenvalue weighted by molar-refractivity contribution is 1.11. The van der Waals surface area contributed by atoms with Gasteiger partial charge in [-0.15, -0.1) is 10.2 Å². The molecular formula is C12H9ClN4. The summed E-state index contributed by atoms with van der Waals surface area (Å²) < 4.78 is 1.88. The lowest BCUT2D eigenvalue weighted by Crippen LogP contribution is -1.95. The van der Waals surface area contributed by atoms with Gasteiger partial charge in [0.25, 0.3) is 0 Å². The van der Waals surface area contributed by atoms with Crippen molar-refractivity contribution in [1.29, 1.82) is 0 Å². The number of benzene rings is 1. The second-order valence-corrected chi connectivity index (χ2v) is 4.02. The van der Waals surface area contributed by atoms with Gasteiger partial charge in [0.1, 0.15) is 0 Å². The third-order valence-electron chi connectivity index (χ3n) is 2.41. The molecule has 0 unspecified atom stereocenters. The van der Waals surface area contributed by atoms with Gasteiger partial charge in [0, 0.05) is 16.9 Å². The molecule has 0 saturated carbocycles. The van der Waals surface area contributed by atoms with E-state index in [4.69, 9.17) is 11.6 Å². The fourth-order valence-electron chi connectivity index (χ4n) is 1.59. The first-order valence-corrected chi connectivity index (χ1v) is 5.53. The zero-order valence-electron chi connectivity index (χ0n) is 8.84. The number of hydrogen-bond donors (Lipinski definition) is 1. The van der Waals surface area contributed by atoms with Crippen LogP contribution in [0.4, 0.5) is 11.6 Å². The summed E-state index contributed by atoms with van der Waals surface area (Å²) in [4.78, 5) is 0. The topological polar surface area (TPSA) is 42.2 Å². The molecule has 0 radical (unpaired) electrons. The Hall–Kier alpha value is -2.07. The normalized spacial score (nSPS) is 10.6. The minimum Gasteiger partial charge on any atom is -0.324 e. The maximum Gasteiger partial charge on any atom is 0.233 e. The zero-order chi connectivity index (χ0) is 11.7. The molecule has 0 amide bonds. The van der Waals surface area contributed by atoms with Crippen LogP contribution in [-0.2, 0) is 0 Å². The maximum absolute atomic E-state index is 5.83. The van der Waals surface area contributed by atoms with E-state index in [9.17, 15) is 0 Å². The van der Waals surface area contributed by atoms with Gasteiger partial charge in [0.15, 0.2) is 5.65 Å². The van der Waals surface area contributed by atoms with E-state index in [1.165, 1.54) is 0 Å². The van der Waals surface area contributed by atoms with Gasteiger partial charge in [-0.1, -0.05) is 17.7 Å². The van der Waals surface area contributed by atoms with Gasteiger partial charge in [0.05, 0.1) is 0 Å². The van der Waals surface area contributed by atoms with Gasteiger partial charge in [-0.25, -0.2) is 0 Å². The Morgan fingerprint density at radius 1 is 1.00 bits per heavy atom. The monoisotopic (exact) mass is 244 g/mol. The summed E-state index contributed by atoms with van der Waals surface area (Å²) in [6, 6.07) is 13.2. The zero-order valence-corrected chi connectivity index (χ0v) is 9.59. The largest absolute Gasteiger partial charge is 0.324 e. The van der Waals surface area contributed by atoms with Crippen molar-refractivity contribution in [3.8, 4) is 0 Å². The van der Waals surface area contributed by atoms with Crippen LogP contribution in [0, 0.1) is 0 Å². The number of rotatable bonds is 2. The predicted molar refractivity (Wildman–Crippen MR) is 67.7 cm³/mol. The lowest BCUT2D eigenvalue weighted by Gasteiger charge is -2.03. The summed E-state index contributed by atoms with van der Waals surface area (Å²) in [7, 11) is 0. The highest BCUT2D eigenvalue weighted by Crippen LogP contribution is 2.18. The Balaban J connectivity index is 1.97. The van der Waals surface area contributed by atoms with Crippen LogP contribution >= 0.6 is 11.6 Å². The van der Waals surface area contributed by atoms with Crippen LogP contribution in [0.15, 0.2) is 48.7 Å². The number of pyridine rings is 1. The van der Waals surface area contributed by atoms with Crippen LogP contribution in [0.25, 0.3) is 5.65 Å². The number of halogens is 1. The van der Waals surface area contributed by atoms with Crippen molar-refractivity contribution in [2.75, 3.05) is 5.32 Å². The molecule has 1 aromatic carbocycles. The van der Waals surface area contributed by atoms with Crippen LogP contribution in [0.5, 0.6) is 0 Å². The van der Waals surface area contributed by atoms with E-state index in [0.717, 1.165) is 11.3 Å². The summed E-state index contributed by atoms with van der Waals surface area (Å²) in [5.74, 6) is 0.683. The van der Waals surface area contributed by atoms with Crippen molar-refractivity contribution in [1.82, 2.24) is 14.6 Å². The summed E-state index contributed by atoms with van der Waals surface area (Å²) in [6.45, 7) is 0. The minimum atomic E-state index is 0.683. The molecule has 0 spiro atoms. The smallest absolute Gasteiger partial charge is 0.233 e. The van der Waals surface area contributed by atoms with Crippen LogP contribution < -0.4 is 5.32 Å². The van der Waals surface area contributed by atoms with E-state index < -0.39 is 0 Å². The molecule has 1 N–H and O–H groups in total. The van der Waals surface area contributed by atoms with Gasteiger partial charge in [-0.3, -0.25) is 4.40 Å². The Labute approximate surface area is 103 Å². The Morgan fingerprint density at radius 3 is 2.65 bits per heavy atom. The number of hydrogen-bond acceptors (Lipinski definition) is 3. The molecule has 2 aromatic heterocycles. The quantitative estimate of drug-likeness (QED) is 0.753. The number of fused-ring (bicyclic) bond motifs is 1. The number of aromatic nitrogens is 3. The third kappa shape index (κ3) is 1.94. The van der Waals surface area contributed by atoms with E-state index in [1.807, 2.05) is 53.1 Å². The second-order valence-electron chi connectivity index (χ2n) is 3.58. The minimum absolute atomic E-state index is 0.683. The van der Waals surface area contributed by atoms with Gasteiger partial charge >= 0.3 is 0 Å². The molecule has 0 bridgehead atoms. The number of nitrogens with one attached hydrogen (secondary N) is 1. The first-order valence-electron chi connectivity index (χ1n) is 5.15. The van der Waals surface area contributed by atoms with Crippen molar-refractivity contribution in [2.24, 2.45) is 0 Å². The number of anilines is 2. The summed E-state index contributed by atoms with van der Waals surface area (Å²) in [5, 5.41) is 12.0. The van der Waals surface area contributed by atoms with Crippen LogP contribution in [0.3, 0.4) is 0 Å². The molecule has 5 heteroatoms. The molecule has 0 aliphatic rings. The SMILES string of the molecule is Clc1ccc(Nc2nnc3ccccn23)cc1. The van der Waals surface area contributed by atoms with E-state index in [1.54, 1.807) is 0 Å². The standard InChI is InChI=1S/C12H9ClN4/c13-9-4-6-10(7-5-9)14-12-16-15-11-3-1-2-8-17(11)12/h1-8H,(H,14,16). The third-order valence-corrected chi connectivity index (χ3v) is 2.67. The Bertz CT molecular complexity index is 645. The summed E-state index contributed by atoms with van der Waals surface area (Å²) in [6.07, 6.45) is 1.91. The summed E-state index contributed by atoms with van der Waals surface area (Å²) >= 11 is 5.83. The number of nitrogens with zero attached hydrogens (tertiary/aromatic N) is 3. The first kappa shape index (κ1) is 10.1.